The van der Waals surface area contributed by atoms with Gasteiger partial charge in [-0.1, -0.05) is 36.4 Å². The van der Waals surface area contributed by atoms with Crippen molar-refractivity contribution in [2.24, 2.45) is 0 Å². The number of nitrogens with zero attached hydrogens (tertiary/aromatic N) is 2. The van der Waals surface area contributed by atoms with Crippen LogP contribution in [0, 0.1) is 6.92 Å². The first-order chi connectivity index (χ1) is 11.3. The Bertz CT molecular complexity index is 841. The van der Waals surface area contributed by atoms with Crippen molar-refractivity contribution < 1.29 is 0 Å². The molecule has 3 heteroatoms. The van der Waals surface area contributed by atoms with Crippen molar-refractivity contribution in [2.75, 3.05) is 29.9 Å². The zero-order valence-corrected chi connectivity index (χ0v) is 13.4. The van der Waals surface area contributed by atoms with E-state index in [-0.39, 0.29) is 0 Å². The molecule has 4 rings (SSSR count). The molecule has 2 heterocycles. The smallest absolute Gasteiger partial charge is 0.0722 e. The van der Waals surface area contributed by atoms with Crippen LogP contribution in [0.3, 0.4) is 0 Å². The fourth-order valence-corrected chi connectivity index (χ4v) is 3.43. The van der Waals surface area contributed by atoms with Crippen LogP contribution in [0.25, 0.3) is 10.9 Å². The number of anilines is 2. The number of para-hydroxylation sites is 2. The number of aromatic nitrogens is 1. The quantitative estimate of drug-likeness (QED) is 0.789. The van der Waals surface area contributed by atoms with E-state index in [1.165, 1.54) is 27.9 Å². The number of benzene rings is 2. The first kappa shape index (κ1) is 14.1. The van der Waals surface area contributed by atoms with E-state index in [1.807, 2.05) is 12.3 Å². The second kappa shape index (κ2) is 5.92. The van der Waals surface area contributed by atoms with Crippen LogP contribution in [0.5, 0.6) is 0 Å². The Morgan fingerprint density at radius 3 is 2.87 bits per heavy atom. The van der Waals surface area contributed by atoms with Crippen molar-refractivity contribution in [1.29, 1.82) is 0 Å². The third kappa shape index (κ3) is 2.63. The molecule has 1 aliphatic heterocycles. The molecule has 0 radical (unpaired) electrons. The van der Waals surface area contributed by atoms with Gasteiger partial charge in [-0.2, -0.15) is 0 Å². The molecule has 0 saturated heterocycles. The van der Waals surface area contributed by atoms with Crippen LogP contribution in [0.1, 0.15) is 11.1 Å². The van der Waals surface area contributed by atoms with Gasteiger partial charge in [-0.3, -0.25) is 4.98 Å². The van der Waals surface area contributed by atoms with E-state index >= 15 is 0 Å². The monoisotopic (exact) mass is 303 g/mol. The molecule has 0 saturated carbocycles. The molecule has 0 atom stereocenters. The number of aryl methyl sites for hydroxylation is 1. The van der Waals surface area contributed by atoms with Crippen molar-refractivity contribution in [2.45, 2.75) is 13.3 Å². The highest BCUT2D eigenvalue weighted by Gasteiger charge is 2.17. The van der Waals surface area contributed by atoms with Crippen molar-refractivity contribution in [3.8, 4) is 0 Å². The van der Waals surface area contributed by atoms with Gasteiger partial charge in [-0.05, 0) is 36.6 Å². The normalized spacial score (nSPS) is 13.3. The molecule has 23 heavy (non-hydrogen) atoms. The van der Waals surface area contributed by atoms with Gasteiger partial charge in [0.05, 0.1) is 5.52 Å². The van der Waals surface area contributed by atoms with Gasteiger partial charge < -0.3 is 10.2 Å². The molecular formula is C20H21N3. The minimum atomic E-state index is 0.934. The first-order valence-electron chi connectivity index (χ1n) is 8.24. The average molecular weight is 303 g/mol. The number of pyridine rings is 1. The number of hydrogen-bond acceptors (Lipinski definition) is 3. The Labute approximate surface area is 137 Å². The molecule has 116 valence electrons. The lowest BCUT2D eigenvalue weighted by Gasteiger charge is -2.21. The molecule has 1 aliphatic rings. The molecule has 3 aromatic rings. The molecule has 0 aliphatic carbocycles. The van der Waals surface area contributed by atoms with Crippen molar-refractivity contribution >= 4 is 22.3 Å². The predicted octanol–water partition coefficient (Wildman–Crippen LogP) is 4.02. The second-order valence-electron chi connectivity index (χ2n) is 6.13. The van der Waals surface area contributed by atoms with Gasteiger partial charge in [0.2, 0.25) is 0 Å². The van der Waals surface area contributed by atoms with Crippen LogP contribution in [-0.2, 0) is 6.42 Å². The lowest BCUT2D eigenvalue weighted by atomic mass is 10.1. The maximum absolute atomic E-state index is 4.51. The van der Waals surface area contributed by atoms with Crippen molar-refractivity contribution in [1.82, 2.24) is 4.98 Å². The summed E-state index contributed by atoms with van der Waals surface area (Å²) in [4.78, 5) is 6.98. The van der Waals surface area contributed by atoms with Crippen LogP contribution in [0.2, 0.25) is 0 Å². The standard InChI is InChI=1S/C20H21N3/c1-15-14-22-18-8-4-3-7-17(18)20(15)21-11-13-23-12-10-16-6-2-5-9-19(16)23/h2-9,14H,10-13H2,1H3,(H,21,22). The Balaban J connectivity index is 1.49. The molecule has 1 aromatic heterocycles. The Morgan fingerprint density at radius 1 is 1.09 bits per heavy atom. The van der Waals surface area contributed by atoms with Crippen LogP contribution >= 0.6 is 0 Å². The van der Waals surface area contributed by atoms with E-state index < -0.39 is 0 Å². The second-order valence-corrected chi connectivity index (χ2v) is 6.13. The van der Waals surface area contributed by atoms with Crippen molar-refractivity contribution in [3.05, 3.63) is 65.9 Å². The third-order valence-corrected chi connectivity index (χ3v) is 4.63. The van der Waals surface area contributed by atoms with E-state index in [9.17, 15) is 0 Å². The van der Waals surface area contributed by atoms with Gasteiger partial charge in [-0.15, -0.1) is 0 Å². The minimum Gasteiger partial charge on any atom is -0.382 e. The molecular weight excluding hydrogens is 282 g/mol. The maximum Gasteiger partial charge on any atom is 0.0722 e. The fraction of sp³-hybridized carbons (Fsp3) is 0.250. The first-order valence-corrected chi connectivity index (χ1v) is 8.24. The van der Waals surface area contributed by atoms with E-state index in [1.54, 1.807) is 0 Å². The minimum absolute atomic E-state index is 0.934. The summed E-state index contributed by atoms with van der Waals surface area (Å²) in [7, 11) is 0. The lowest BCUT2D eigenvalue weighted by Crippen LogP contribution is -2.27. The molecule has 0 bridgehead atoms. The Kier molecular flexibility index (Phi) is 3.62. The summed E-state index contributed by atoms with van der Waals surface area (Å²) in [6, 6.07) is 17.1. The number of rotatable bonds is 4. The molecule has 0 spiro atoms. The summed E-state index contributed by atoms with van der Waals surface area (Å²) in [5, 5.41) is 4.84. The van der Waals surface area contributed by atoms with Gasteiger partial charge in [0, 0.05) is 42.6 Å². The van der Waals surface area contributed by atoms with Gasteiger partial charge in [0.25, 0.3) is 0 Å². The predicted molar refractivity (Wildman–Crippen MR) is 97.3 cm³/mol. The number of fused-ring (bicyclic) bond motifs is 2. The zero-order valence-electron chi connectivity index (χ0n) is 13.4. The number of nitrogens with one attached hydrogen (secondary N) is 1. The SMILES string of the molecule is Cc1cnc2ccccc2c1NCCN1CCc2ccccc21. The topological polar surface area (TPSA) is 28.2 Å². The fourth-order valence-electron chi connectivity index (χ4n) is 3.43. The largest absolute Gasteiger partial charge is 0.382 e. The van der Waals surface area contributed by atoms with E-state index in [0.29, 0.717) is 0 Å². The van der Waals surface area contributed by atoms with Crippen LogP contribution in [-0.4, -0.2) is 24.6 Å². The zero-order chi connectivity index (χ0) is 15.6. The van der Waals surface area contributed by atoms with Gasteiger partial charge in [-0.25, -0.2) is 0 Å². The van der Waals surface area contributed by atoms with E-state index in [0.717, 1.165) is 31.6 Å². The maximum atomic E-state index is 4.51. The molecule has 0 fully saturated rings. The molecule has 3 nitrogen and oxygen atoms in total. The van der Waals surface area contributed by atoms with Gasteiger partial charge >= 0.3 is 0 Å². The summed E-state index contributed by atoms with van der Waals surface area (Å²) in [6.45, 7) is 5.19. The van der Waals surface area contributed by atoms with Crippen LogP contribution in [0.15, 0.2) is 54.7 Å². The summed E-state index contributed by atoms with van der Waals surface area (Å²) >= 11 is 0. The van der Waals surface area contributed by atoms with Crippen LogP contribution < -0.4 is 10.2 Å². The molecule has 0 amide bonds. The van der Waals surface area contributed by atoms with E-state index in [4.69, 9.17) is 0 Å². The summed E-state index contributed by atoms with van der Waals surface area (Å²) in [6.07, 6.45) is 3.11. The van der Waals surface area contributed by atoms with Crippen LogP contribution in [0.4, 0.5) is 11.4 Å². The Hall–Kier alpha value is -2.55. The lowest BCUT2D eigenvalue weighted by molar-refractivity contribution is 0.839. The summed E-state index contributed by atoms with van der Waals surface area (Å²) in [5.41, 5.74) is 6.32. The average Bonchev–Trinajstić information content (AvgIpc) is 3.00. The molecule has 0 unspecified atom stereocenters. The number of hydrogen-bond donors (Lipinski definition) is 1. The van der Waals surface area contributed by atoms with Gasteiger partial charge in [0.15, 0.2) is 0 Å². The molecule has 2 aromatic carbocycles. The molecule has 1 N–H and O–H groups in total. The third-order valence-electron chi connectivity index (χ3n) is 4.63. The Morgan fingerprint density at radius 2 is 1.91 bits per heavy atom. The summed E-state index contributed by atoms with van der Waals surface area (Å²) in [5.74, 6) is 0. The highest BCUT2D eigenvalue weighted by molar-refractivity contribution is 5.92. The highest BCUT2D eigenvalue weighted by Crippen LogP contribution is 2.28. The van der Waals surface area contributed by atoms with Crippen molar-refractivity contribution in [3.63, 3.8) is 0 Å². The van der Waals surface area contributed by atoms with Gasteiger partial charge in [0.1, 0.15) is 0 Å². The summed E-state index contributed by atoms with van der Waals surface area (Å²) < 4.78 is 0. The van der Waals surface area contributed by atoms with E-state index in [2.05, 4.69) is 64.6 Å². The highest BCUT2D eigenvalue weighted by atomic mass is 15.2.